The van der Waals surface area contributed by atoms with Crippen LogP contribution < -0.4 is 0 Å². The summed E-state index contributed by atoms with van der Waals surface area (Å²) in [4.78, 5) is 4.23. The van der Waals surface area contributed by atoms with Crippen molar-refractivity contribution in [1.29, 1.82) is 0 Å². The quantitative estimate of drug-likeness (QED) is 0.740. The molecule has 2 aromatic heterocycles. The number of rotatable bonds is 4. The van der Waals surface area contributed by atoms with Crippen molar-refractivity contribution in [2.45, 2.75) is 18.8 Å². The van der Waals surface area contributed by atoms with Gasteiger partial charge in [-0.15, -0.1) is 0 Å². The van der Waals surface area contributed by atoms with Gasteiger partial charge in [-0.25, -0.2) is 13.9 Å². The van der Waals surface area contributed by atoms with Crippen LogP contribution in [0.2, 0.25) is 0 Å². The third-order valence-corrected chi connectivity index (χ3v) is 3.59. The molecule has 0 saturated carbocycles. The molecule has 0 bridgehead atoms. The number of aromatic nitrogens is 3. The molecule has 0 amide bonds. The van der Waals surface area contributed by atoms with E-state index in [4.69, 9.17) is 5.11 Å². The highest BCUT2D eigenvalue weighted by Gasteiger charge is 2.41. The SMILES string of the molecule is OCCc1cnc2c(-c3cccc(C(F)C(F)(F)F)c3)cnn2c1. The molecule has 0 spiro atoms. The van der Waals surface area contributed by atoms with Crippen molar-refractivity contribution in [3.8, 4) is 11.1 Å². The normalized spacial score (nSPS) is 13.4. The van der Waals surface area contributed by atoms with Crippen LogP contribution in [0.4, 0.5) is 17.6 Å². The van der Waals surface area contributed by atoms with Crippen molar-refractivity contribution in [3.63, 3.8) is 0 Å². The van der Waals surface area contributed by atoms with E-state index in [0.717, 1.165) is 17.7 Å². The van der Waals surface area contributed by atoms with Crippen molar-refractivity contribution in [1.82, 2.24) is 14.6 Å². The lowest BCUT2D eigenvalue weighted by atomic mass is 10.0. The second-order valence-electron chi connectivity index (χ2n) is 5.29. The number of benzene rings is 1. The minimum absolute atomic E-state index is 0.0291. The van der Waals surface area contributed by atoms with Gasteiger partial charge in [0.15, 0.2) is 5.65 Å². The van der Waals surface area contributed by atoms with E-state index in [9.17, 15) is 17.6 Å². The fourth-order valence-electron chi connectivity index (χ4n) is 2.43. The van der Waals surface area contributed by atoms with Crippen LogP contribution in [0.1, 0.15) is 17.3 Å². The highest BCUT2D eigenvalue weighted by molar-refractivity contribution is 5.77. The van der Waals surface area contributed by atoms with Crippen LogP contribution in [-0.2, 0) is 6.42 Å². The predicted molar refractivity (Wildman–Crippen MR) is 79.1 cm³/mol. The fraction of sp³-hybridized carbons (Fsp3) is 0.250. The van der Waals surface area contributed by atoms with Gasteiger partial charge in [0.1, 0.15) is 0 Å². The summed E-state index contributed by atoms with van der Waals surface area (Å²) in [6.07, 6.45) is -2.86. The fourth-order valence-corrected chi connectivity index (χ4v) is 2.43. The lowest BCUT2D eigenvalue weighted by molar-refractivity contribution is -0.182. The minimum atomic E-state index is -4.95. The van der Waals surface area contributed by atoms with Crippen molar-refractivity contribution in [2.24, 2.45) is 0 Å². The zero-order valence-electron chi connectivity index (χ0n) is 12.3. The molecule has 4 nitrogen and oxygen atoms in total. The maximum atomic E-state index is 13.5. The van der Waals surface area contributed by atoms with E-state index in [2.05, 4.69) is 10.1 Å². The van der Waals surface area contributed by atoms with E-state index in [1.165, 1.54) is 16.8 Å². The second-order valence-corrected chi connectivity index (χ2v) is 5.29. The Kier molecular flexibility index (Phi) is 4.23. The molecule has 1 aromatic carbocycles. The average molecular weight is 339 g/mol. The smallest absolute Gasteiger partial charge is 0.396 e. The van der Waals surface area contributed by atoms with Gasteiger partial charge in [-0.3, -0.25) is 0 Å². The number of halogens is 4. The van der Waals surface area contributed by atoms with E-state index in [-0.39, 0.29) is 6.61 Å². The number of nitrogens with zero attached hydrogens (tertiary/aromatic N) is 3. The van der Waals surface area contributed by atoms with Crippen LogP contribution in [0.3, 0.4) is 0 Å². The van der Waals surface area contributed by atoms with Crippen molar-refractivity contribution in [3.05, 3.63) is 54.0 Å². The van der Waals surface area contributed by atoms with Gasteiger partial charge in [0.05, 0.1) is 6.20 Å². The van der Waals surface area contributed by atoms with Crippen LogP contribution in [0.15, 0.2) is 42.9 Å². The molecule has 1 unspecified atom stereocenters. The Labute approximate surface area is 134 Å². The third-order valence-electron chi connectivity index (χ3n) is 3.59. The number of hydrogen-bond donors (Lipinski definition) is 1. The first kappa shape index (κ1) is 16.4. The lowest BCUT2D eigenvalue weighted by Gasteiger charge is -2.13. The Morgan fingerprint density at radius 2 is 2.00 bits per heavy atom. The van der Waals surface area contributed by atoms with E-state index in [1.807, 2.05) is 0 Å². The predicted octanol–water partition coefficient (Wildman–Crippen LogP) is 3.50. The van der Waals surface area contributed by atoms with E-state index in [1.54, 1.807) is 18.5 Å². The average Bonchev–Trinajstić information content (AvgIpc) is 2.97. The summed E-state index contributed by atoms with van der Waals surface area (Å²) >= 11 is 0. The molecule has 126 valence electrons. The zero-order valence-corrected chi connectivity index (χ0v) is 12.3. The molecule has 0 aliphatic heterocycles. The van der Waals surface area contributed by atoms with Gasteiger partial charge in [0.2, 0.25) is 6.17 Å². The summed E-state index contributed by atoms with van der Waals surface area (Å²) in [6.45, 7) is -0.0291. The molecule has 3 rings (SSSR count). The molecule has 0 aliphatic carbocycles. The molecule has 0 fully saturated rings. The number of alkyl halides is 4. The summed E-state index contributed by atoms with van der Waals surface area (Å²) in [5.74, 6) is 0. The number of aliphatic hydroxyl groups excluding tert-OH is 1. The van der Waals surface area contributed by atoms with Gasteiger partial charge < -0.3 is 5.11 Å². The molecule has 24 heavy (non-hydrogen) atoms. The number of aliphatic hydroxyl groups is 1. The Bertz CT molecular complexity index is 860. The summed E-state index contributed by atoms with van der Waals surface area (Å²) in [5.41, 5.74) is 1.65. The monoisotopic (exact) mass is 339 g/mol. The minimum Gasteiger partial charge on any atom is -0.396 e. The Balaban J connectivity index is 2.02. The molecule has 3 aromatic rings. The van der Waals surface area contributed by atoms with E-state index < -0.39 is 17.9 Å². The number of hydrogen-bond acceptors (Lipinski definition) is 3. The summed E-state index contributed by atoms with van der Waals surface area (Å²) < 4.78 is 52.7. The maximum absolute atomic E-state index is 13.5. The van der Waals surface area contributed by atoms with Gasteiger partial charge in [0.25, 0.3) is 0 Å². The standard InChI is InChI=1S/C16H13F4N3O/c17-14(16(18,19)20)12-3-1-2-11(6-12)13-8-22-23-9-10(4-5-24)7-21-15(13)23/h1-3,6-9,14,24H,4-5H2. The van der Waals surface area contributed by atoms with Crippen molar-refractivity contribution >= 4 is 5.65 Å². The third kappa shape index (κ3) is 3.09. The lowest BCUT2D eigenvalue weighted by Crippen LogP contribution is -2.16. The van der Waals surface area contributed by atoms with Crippen LogP contribution in [0.25, 0.3) is 16.8 Å². The molecule has 0 radical (unpaired) electrons. The second kappa shape index (κ2) is 6.20. The van der Waals surface area contributed by atoms with Gasteiger partial charge in [-0.05, 0) is 29.2 Å². The summed E-state index contributed by atoms with van der Waals surface area (Å²) in [6, 6.07) is 5.19. The number of fused-ring (bicyclic) bond motifs is 1. The van der Waals surface area contributed by atoms with Gasteiger partial charge in [0, 0.05) is 24.6 Å². The molecule has 0 saturated heterocycles. The van der Waals surface area contributed by atoms with Crippen molar-refractivity contribution < 1.29 is 22.7 Å². The zero-order chi connectivity index (χ0) is 17.3. The molecule has 0 aliphatic rings. The first-order valence-corrected chi connectivity index (χ1v) is 7.14. The Morgan fingerprint density at radius 3 is 2.71 bits per heavy atom. The van der Waals surface area contributed by atoms with E-state index in [0.29, 0.717) is 23.2 Å². The van der Waals surface area contributed by atoms with Crippen molar-refractivity contribution in [2.75, 3.05) is 6.61 Å². The van der Waals surface area contributed by atoms with Gasteiger partial charge in [-0.1, -0.05) is 18.2 Å². The largest absolute Gasteiger partial charge is 0.423 e. The highest BCUT2D eigenvalue weighted by atomic mass is 19.4. The Morgan fingerprint density at radius 1 is 1.21 bits per heavy atom. The topological polar surface area (TPSA) is 50.4 Å². The van der Waals surface area contributed by atoms with Gasteiger partial charge in [-0.2, -0.15) is 18.3 Å². The van der Waals surface area contributed by atoms with E-state index >= 15 is 0 Å². The van der Waals surface area contributed by atoms with Crippen LogP contribution >= 0.6 is 0 Å². The van der Waals surface area contributed by atoms with Crippen LogP contribution in [0, 0.1) is 0 Å². The molecule has 8 heteroatoms. The molecule has 1 N–H and O–H groups in total. The van der Waals surface area contributed by atoms with Crippen LogP contribution in [-0.4, -0.2) is 32.5 Å². The molecule has 1 atom stereocenters. The maximum Gasteiger partial charge on any atom is 0.423 e. The molecular weight excluding hydrogens is 326 g/mol. The van der Waals surface area contributed by atoms with Gasteiger partial charge >= 0.3 is 6.18 Å². The molecular formula is C16H13F4N3O. The Hall–Kier alpha value is -2.48. The first-order valence-electron chi connectivity index (χ1n) is 7.14. The molecule has 2 heterocycles. The highest BCUT2D eigenvalue weighted by Crippen LogP contribution is 2.37. The summed E-state index contributed by atoms with van der Waals surface area (Å²) in [5, 5.41) is 13.1. The summed E-state index contributed by atoms with van der Waals surface area (Å²) in [7, 11) is 0. The van der Waals surface area contributed by atoms with Crippen LogP contribution in [0.5, 0.6) is 0 Å². The first-order chi connectivity index (χ1) is 11.4.